The Morgan fingerprint density at radius 2 is 1.75 bits per heavy atom. The molecule has 5 aromatic rings. The van der Waals surface area contributed by atoms with Crippen molar-refractivity contribution < 1.29 is 28.7 Å². The Balaban J connectivity index is 1.11. The van der Waals surface area contributed by atoms with Gasteiger partial charge in [0.2, 0.25) is 11.8 Å². The first-order chi connectivity index (χ1) is 34.0. The van der Waals surface area contributed by atoms with Crippen molar-refractivity contribution in [3.05, 3.63) is 107 Å². The lowest BCUT2D eigenvalue weighted by Crippen LogP contribution is -2.62. The maximum absolute atomic E-state index is 14.8. The highest BCUT2D eigenvalue weighted by Crippen LogP contribution is 2.42. The number of hydrogen-bond acceptors (Lipinski definition) is 10. The van der Waals surface area contributed by atoms with Crippen LogP contribution in [0.1, 0.15) is 101 Å². The molecule has 14 heteroatoms. The zero-order valence-electron chi connectivity index (χ0n) is 43.0. The number of nitrogens with one attached hydrogen (secondary N) is 2. The van der Waals surface area contributed by atoms with Gasteiger partial charge < -0.3 is 24.3 Å². The molecule has 374 valence electrons. The van der Waals surface area contributed by atoms with Crippen LogP contribution in [0.15, 0.2) is 89.0 Å². The average Bonchev–Trinajstić information content (AvgIpc) is 3.64. The first kappa shape index (κ1) is 50.9. The third-order valence-electron chi connectivity index (χ3n) is 14.6. The van der Waals surface area contributed by atoms with Gasteiger partial charge in [0.05, 0.1) is 41.8 Å². The second-order valence-corrected chi connectivity index (χ2v) is 20.9. The van der Waals surface area contributed by atoms with E-state index in [4.69, 9.17) is 14.5 Å². The molecule has 8 rings (SSSR count). The number of hydrogen-bond donors (Lipinski definition) is 2. The van der Waals surface area contributed by atoms with Crippen LogP contribution in [-0.4, -0.2) is 101 Å². The van der Waals surface area contributed by atoms with Crippen LogP contribution in [0, 0.1) is 31.1 Å². The molecule has 0 radical (unpaired) electrons. The number of hydrazine groups is 1. The zero-order chi connectivity index (χ0) is 50.7. The third kappa shape index (κ3) is 10.9. The molecule has 1 unspecified atom stereocenters. The molecule has 0 spiro atoms. The standard InChI is InChI=1S/C57H70N8O6/c1-11-64-48-23-22-40-30-44(48)45(52(64)43-20-14-24-58-50(43)37(6)70-10)31-57(7,8)32-71-56(69)46-21-15-25-65(62-46)55(68)47(27-38-18-13-19-39(40)26-38)61-53(66)51(34(2)3)63(9)54(67)41-28-42(29-41)59-33-60-49-35(4)16-12-17-36(49)5/h12-14,16-20,22-24,26,30,34,37,41-42,46-47,51,62H,11,15,21,25,27-29,31-32H2,1-10H3,(H,61,66)/t37-,41-,42-,46-,47-,51?/m0/s1. The van der Waals surface area contributed by atoms with Crippen molar-refractivity contribution in [3.63, 3.8) is 0 Å². The Morgan fingerprint density at radius 1 is 1.01 bits per heavy atom. The maximum atomic E-state index is 14.8. The SMILES string of the molecule is CCn1c(-c2cccnc2[C@H](C)OC)c2c3cc(ccc31)-c1cccc(c1)C[C@H](NC(=O)C(C(C)C)N(C)C(=O)[C@H]1C[C@H](N=C=Nc3c(C)cccc3C)C1)C(=O)N1CCC[C@H](N1)C(=O)OCC(C)(C)C2. The molecule has 2 aromatic heterocycles. The minimum atomic E-state index is -1.03. The number of aromatic nitrogens is 2. The summed E-state index contributed by atoms with van der Waals surface area (Å²) in [5.41, 5.74) is 13.5. The van der Waals surface area contributed by atoms with Crippen molar-refractivity contribution >= 4 is 46.3 Å². The third-order valence-corrected chi connectivity index (χ3v) is 14.6. The molecule has 14 nitrogen and oxygen atoms in total. The van der Waals surface area contributed by atoms with E-state index in [9.17, 15) is 19.2 Å². The quantitative estimate of drug-likeness (QED) is 0.0980. The van der Waals surface area contributed by atoms with Gasteiger partial charge in [-0.25, -0.2) is 10.4 Å². The highest BCUT2D eigenvalue weighted by Gasteiger charge is 2.42. The number of methoxy groups -OCH3 is 1. The van der Waals surface area contributed by atoms with Crippen LogP contribution in [0.2, 0.25) is 0 Å². The molecule has 2 N–H and O–H groups in total. The Hall–Kier alpha value is -6.47. The molecule has 3 aliphatic rings. The van der Waals surface area contributed by atoms with E-state index >= 15 is 0 Å². The number of pyridine rings is 1. The van der Waals surface area contributed by atoms with E-state index < -0.39 is 35.4 Å². The molecular formula is C57H70N8O6. The smallest absolute Gasteiger partial charge is 0.324 e. The molecular weight excluding hydrogens is 893 g/mol. The number of para-hydroxylation sites is 1. The minimum Gasteiger partial charge on any atom is -0.464 e. The molecule has 4 atom stereocenters. The van der Waals surface area contributed by atoms with Crippen molar-refractivity contribution in [3.8, 4) is 22.4 Å². The van der Waals surface area contributed by atoms with E-state index in [1.54, 1.807) is 20.4 Å². The molecule has 1 saturated carbocycles. The van der Waals surface area contributed by atoms with E-state index in [0.717, 1.165) is 66.9 Å². The molecule has 2 aliphatic heterocycles. The number of carbonyl (C=O) groups is 4. The Morgan fingerprint density at radius 3 is 2.46 bits per heavy atom. The Bertz CT molecular complexity index is 2850. The molecule has 2 fully saturated rings. The molecule has 6 bridgehead atoms. The van der Waals surface area contributed by atoms with Gasteiger partial charge in [0.1, 0.15) is 18.1 Å². The number of likely N-dealkylation sites (N-methyl/N-ethyl adjacent to an activating group) is 1. The van der Waals surface area contributed by atoms with Crippen LogP contribution in [0.25, 0.3) is 33.3 Å². The van der Waals surface area contributed by atoms with Gasteiger partial charge >= 0.3 is 5.97 Å². The number of ether oxygens (including phenoxy) is 2. The van der Waals surface area contributed by atoms with Gasteiger partial charge in [-0.2, -0.15) is 4.99 Å². The van der Waals surface area contributed by atoms with Crippen LogP contribution in [-0.2, 0) is 48.0 Å². The number of amides is 3. The van der Waals surface area contributed by atoms with Gasteiger partial charge in [-0.05, 0) is 123 Å². The molecule has 71 heavy (non-hydrogen) atoms. The largest absolute Gasteiger partial charge is 0.464 e. The summed E-state index contributed by atoms with van der Waals surface area (Å²) < 4.78 is 14.3. The van der Waals surface area contributed by atoms with Crippen LogP contribution in [0.3, 0.4) is 0 Å². The van der Waals surface area contributed by atoms with Gasteiger partial charge in [-0.1, -0.05) is 76.2 Å². The van der Waals surface area contributed by atoms with E-state index in [-0.39, 0.29) is 48.8 Å². The fourth-order valence-electron chi connectivity index (χ4n) is 10.6. The summed E-state index contributed by atoms with van der Waals surface area (Å²) in [6, 6.07) is 24.8. The molecule has 1 saturated heterocycles. The van der Waals surface area contributed by atoms with Crippen molar-refractivity contribution in [1.29, 1.82) is 0 Å². The van der Waals surface area contributed by atoms with E-state index in [1.165, 1.54) is 9.91 Å². The monoisotopic (exact) mass is 963 g/mol. The van der Waals surface area contributed by atoms with Crippen LogP contribution < -0.4 is 10.7 Å². The van der Waals surface area contributed by atoms with Crippen LogP contribution >= 0.6 is 0 Å². The van der Waals surface area contributed by atoms with Crippen molar-refractivity contribution in [2.45, 2.75) is 131 Å². The van der Waals surface area contributed by atoms with Crippen molar-refractivity contribution in [1.82, 2.24) is 30.2 Å². The lowest BCUT2D eigenvalue weighted by molar-refractivity contribution is -0.155. The number of fused-ring (bicyclic) bond motifs is 6. The number of cyclic esters (lactones) is 1. The second-order valence-electron chi connectivity index (χ2n) is 20.9. The van der Waals surface area contributed by atoms with Gasteiger partial charge in [0, 0.05) is 67.7 Å². The van der Waals surface area contributed by atoms with Gasteiger partial charge in [0.15, 0.2) is 0 Å². The number of nitrogens with zero attached hydrogens (tertiary/aromatic N) is 6. The zero-order valence-corrected chi connectivity index (χ0v) is 43.0. The average molecular weight is 963 g/mol. The maximum Gasteiger partial charge on any atom is 0.324 e. The molecule has 3 amide bonds. The Labute approximate surface area is 418 Å². The predicted molar refractivity (Wildman–Crippen MR) is 277 cm³/mol. The summed E-state index contributed by atoms with van der Waals surface area (Å²) in [5.74, 6) is -1.96. The summed E-state index contributed by atoms with van der Waals surface area (Å²) in [4.78, 5) is 72.8. The normalized spacial score (nSPS) is 21.0. The first-order valence-electron chi connectivity index (χ1n) is 25.2. The summed E-state index contributed by atoms with van der Waals surface area (Å²) in [6.07, 6.45) is 4.41. The number of rotatable bonds is 11. The minimum absolute atomic E-state index is 0.0918. The van der Waals surface area contributed by atoms with E-state index in [0.29, 0.717) is 45.2 Å². The Kier molecular flexibility index (Phi) is 15.4. The first-order valence-corrected chi connectivity index (χ1v) is 25.2. The number of aryl methyl sites for hydroxylation is 3. The van der Waals surface area contributed by atoms with Gasteiger partial charge in [-0.3, -0.25) is 29.2 Å². The molecule has 3 aromatic carbocycles. The topological polar surface area (TPSA) is 160 Å². The van der Waals surface area contributed by atoms with Gasteiger partial charge in [0.25, 0.3) is 5.91 Å². The molecule has 1 aliphatic carbocycles. The summed E-state index contributed by atoms with van der Waals surface area (Å²) in [6.45, 7) is 17.4. The summed E-state index contributed by atoms with van der Waals surface area (Å²) in [7, 11) is 3.36. The predicted octanol–water partition coefficient (Wildman–Crippen LogP) is 9.13. The van der Waals surface area contributed by atoms with E-state index in [1.807, 2.05) is 71.0 Å². The number of carbonyl (C=O) groups excluding carboxylic acids is 4. The van der Waals surface area contributed by atoms with Crippen molar-refractivity contribution in [2.24, 2.45) is 27.2 Å². The van der Waals surface area contributed by atoms with E-state index in [2.05, 4.69) is 88.5 Å². The van der Waals surface area contributed by atoms with Crippen molar-refractivity contribution in [2.75, 3.05) is 27.3 Å². The lowest BCUT2D eigenvalue weighted by atomic mass is 9.79. The number of benzene rings is 3. The fourth-order valence-corrected chi connectivity index (χ4v) is 10.6. The van der Waals surface area contributed by atoms with Gasteiger partial charge in [-0.15, -0.1) is 0 Å². The number of aliphatic imine (C=N–C) groups is 2. The highest BCUT2D eigenvalue weighted by atomic mass is 16.5. The van der Waals surface area contributed by atoms with Crippen LogP contribution in [0.4, 0.5) is 5.69 Å². The summed E-state index contributed by atoms with van der Waals surface area (Å²) in [5, 5.41) is 5.65. The second kappa shape index (κ2) is 21.5. The fraction of sp³-hybridized carbons (Fsp3) is 0.474. The molecule has 4 heterocycles. The van der Waals surface area contributed by atoms with Crippen LogP contribution in [0.5, 0.6) is 0 Å². The highest BCUT2D eigenvalue weighted by molar-refractivity contribution is 5.96. The summed E-state index contributed by atoms with van der Waals surface area (Å²) >= 11 is 0. The lowest BCUT2D eigenvalue weighted by Gasteiger charge is -2.39. The number of esters is 1.